The standard InChI is InChI=1S/C25H24N4O2S.C17H18N4S/c1-17-21(13-19-9-5-3-6-10-19)22-14-28(25(30)31-16-20-11-7-4-8-12-20)15-23-27-26-18(2)29(23)24(22)32-17;1-11-14(8-13-6-4-3-5-7-13)15-9-18-10-16-20-19-12(2)21(16)17(15)22-11/h3-12H,13-16H2,1-2H3;3-7,18H,8-10H2,1-2H3. The van der Waals surface area contributed by atoms with Gasteiger partial charge in [0.1, 0.15) is 28.3 Å². The van der Waals surface area contributed by atoms with E-state index >= 15 is 0 Å². The summed E-state index contributed by atoms with van der Waals surface area (Å²) in [5.74, 6) is 3.55. The van der Waals surface area contributed by atoms with E-state index in [-0.39, 0.29) is 12.7 Å². The number of hydrogen-bond acceptors (Lipinski definition) is 9. The maximum atomic E-state index is 13.1. The summed E-state index contributed by atoms with van der Waals surface area (Å²) in [5.41, 5.74) is 8.82. The molecule has 0 saturated carbocycles. The quantitative estimate of drug-likeness (QED) is 0.182. The van der Waals surface area contributed by atoms with Gasteiger partial charge in [0.2, 0.25) is 0 Å². The Balaban J connectivity index is 0.000000164. The fourth-order valence-corrected chi connectivity index (χ4v) is 9.71. The number of aromatic nitrogens is 6. The third-order valence-electron chi connectivity index (χ3n) is 9.96. The van der Waals surface area contributed by atoms with E-state index in [9.17, 15) is 4.79 Å². The van der Waals surface area contributed by atoms with Crippen molar-refractivity contribution in [3.8, 4) is 10.0 Å². The van der Waals surface area contributed by atoms with Crippen LogP contribution in [0.2, 0.25) is 0 Å². The van der Waals surface area contributed by atoms with Crippen LogP contribution in [0.3, 0.4) is 0 Å². The van der Waals surface area contributed by atoms with Crippen molar-refractivity contribution in [2.24, 2.45) is 0 Å². The smallest absolute Gasteiger partial charge is 0.410 e. The van der Waals surface area contributed by atoms with Crippen molar-refractivity contribution in [3.63, 3.8) is 0 Å². The Labute approximate surface area is 323 Å². The highest BCUT2D eigenvalue weighted by Crippen LogP contribution is 2.38. The van der Waals surface area contributed by atoms with Gasteiger partial charge in [-0.2, -0.15) is 0 Å². The molecule has 274 valence electrons. The van der Waals surface area contributed by atoms with Crippen LogP contribution in [0.4, 0.5) is 4.79 Å². The number of benzene rings is 3. The number of rotatable bonds is 6. The number of carbonyl (C=O) groups is 1. The van der Waals surface area contributed by atoms with Crippen molar-refractivity contribution in [2.45, 2.75) is 73.3 Å². The Morgan fingerprint density at radius 1 is 0.630 bits per heavy atom. The monoisotopic (exact) mass is 754 g/mol. The molecule has 1 N–H and O–H groups in total. The van der Waals surface area contributed by atoms with Gasteiger partial charge in [-0.25, -0.2) is 4.79 Å². The van der Waals surface area contributed by atoms with Gasteiger partial charge in [-0.05, 0) is 68.4 Å². The lowest BCUT2D eigenvalue weighted by atomic mass is 10.0. The van der Waals surface area contributed by atoms with Crippen LogP contribution in [-0.4, -0.2) is 40.5 Å². The second-order valence-electron chi connectivity index (χ2n) is 13.7. The molecule has 0 unspecified atom stereocenters. The lowest BCUT2D eigenvalue weighted by Crippen LogP contribution is -2.30. The molecule has 0 fully saturated rings. The van der Waals surface area contributed by atoms with E-state index in [0.29, 0.717) is 13.1 Å². The van der Waals surface area contributed by atoms with Crippen molar-refractivity contribution < 1.29 is 9.53 Å². The van der Waals surface area contributed by atoms with Gasteiger partial charge in [0.05, 0.1) is 19.6 Å². The zero-order chi connectivity index (χ0) is 37.2. The minimum absolute atomic E-state index is 0.244. The molecule has 3 aromatic carbocycles. The van der Waals surface area contributed by atoms with Crippen LogP contribution in [-0.2, 0) is 50.4 Å². The molecule has 10 nitrogen and oxygen atoms in total. The number of nitrogens with zero attached hydrogens (tertiary/aromatic N) is 7. The average molecular weight is 755 g/mol. The average Bonchev–Trinajstić information content (AvgIpc) is 3.84. The molecule has 9 rings (SSSR count). The van der Waals surface area contributed by atoms with E-state index < -0.39 is 0 Å². The molecule has 0 saturated heterocycles. The Hall–Kier alpha value is -5.43. The first-order valence-corrected chi connectivity index (χ1v) is 19.8. The zero-order valence-electron chi connectivity index (χ0n) is 30.9. The molecule has 0 spiro atoms. The molecule has 4 aromatic heterocycles. The van der Waals surface area contributed by atoms with Crippen LogP contribution in [0.25, 0.3) is 10.0 Å². The van der Waals surface area contributed by atoms with Gasteiger partial charge in [0.15, 0.2) is 11.6 Å². The fourth-order valence-electron chi connectivity index (χ4n) is 7.20. The minimum atomic E-state index is -0.344. The van der Waals surface area contributed by atoms with Gasteiger partial charge in [-0.3, -0.25) is 14.0 Å². The number of aryl methyl sites for hydroxylation is 4. The predicted molar refractivity (Wildman–Crippen MR) is 212 cm³/mol. The normalized spacial score (nSPS) is 13.1. The molecule has 1 amide bonds. The molecule has 0 atom stereocenters. The lowest BCUT2D eigenvalue weighted by molar-refractivity contribution is 0.0906. The third kappa shape index (κ3) is 7.24. The van der Waals surface area contributed by atoms with E-state index in [1.54, 1.807) is 16.2 Å². The number of thiophene rings is 2. The summed E-state index contributed by atoms with van der Waals surface area (Å²) < 4.78 is 9.96. The zero-order valence-corrected chi connectivity index (χ0v) is 32.5. The van der Waals surface area contributed by atoms with Crippen LogP contribution >= 0.6 is 22.7 Å². The summed E-state index contributed by atoms with van der Waals surface area (Å²) in [6, 6.07) is 30.8. The van der Waals surface area contributed by atoms with E-state index in [0.717, 1.165) is 65.4 Å². The summed E-state index contributed by atoms with van der Waals surface area (Å²) in [6.45, 7) is 11.1. The van der Waals surface area contributed by atoms with Crippen LogP contribution < -0.4 is 5.32 Å². The van der Waals surface area contributed by atoms with Crippen molar-refractivity contribution in [2.75, 3.05) is 0 Å². The fraction of sp³-hybridized carbons (Fsp3) is 0.262. The molecule has 0 radical (unpaired) electrons. The molecule has 0 aliphatic carbocycles. The molecule has 54 heavy (non-hydrogen) atoms. The van der Waals surface area contributed by atoms with Crippen LogP contribution in [0.1, 0.15) is 72.0 Å². The van der Waals surface area contributed by atoms with Gasteiger partial charge in [-0.1, -0.05) is 91.0 Å². The molecular formula is C42H42N8O2S2. The van der Waals surface area contributed by atoms with Crippen molar-refractivity contribution in [3.05, 3.63) is 163 Å². The highest BCUT2D eigenvalue weighted by Gasteiger charge is 2.30. The number of hydrogen-bond donors (Lipinski definition) is 1. The molecular weight excluding hydrogens is 713 g/mol. The van der Waals surface area contributed by atoms with Crippen LogP contribution in [0, 0.1) is 27.7 Å². The maximum absolute atomic E-state index is 13.1. The number of amides is 1. The first kappa shape index (κ1) is 35.6. The Morgan fingerprint density at radius 2 is 1.13 bits per heavy atom. The topological polar surface area (TPSA) is 103 Å². The number of nitrogens with one attached hydrogen (secondary N) is 1. The van der Waals surface area contributed by atoms with E-state index in [1.807, 2.05) is 61.6 Å². The minimum Gasteiger partial charge on any atom is -0.445 e. The number of fused-ring (bicyclic) bond motifs is 6. The van der Waals surface area contributed by atoms with Gasteiger partial charge in [-0.15, -0.1) is 43.1 Å². The summed E-state index contributed by atoms with van der Waals surface area (Å²) in [6.07, 6.45) is 1.46. The highest BCUT2D eigenvalue weighted by atomic mass is 32.1. The predicted octanol–water partition coefficient (Wildman–Crippen LogP) is 8.33. The van der Waals surface area contributed by atoms with E-state index in [4.69, 9.17) is 4.74 Å². The maximum Gasteiger partial charge on any atom is 0.410 e. The summed E-state index contributed by atoms with van der Waals surface area (Å²) in [5, 5.41) is 23.1. The largest absolute Gasteiger partial charge is 0.445 e. The molecule has 0 bridgehead atoms. The number of carbonyl (C=O) groups excluding carboxylic acids is 1. The third-order valence-corrected chi connectivity index (χ3v) is 12.3. The summed E-state index contributed by atoms with van der Waals surface area (Å²) in [4.78, 5) is 17.4. The Kier molecular flexibility index (Phi) is 10.2. The molecule has 2 aliphatic heterocycles. The van der Waals surface area contributed by atoms with Gasteiger partial charge < -0.3 is 10.1 Å². The first-order valence-electron chi connectivity index (χ1n) is 18.1. The molecule has 12 heteroatoms. The van der Waals surface area contributed by atoms with Crippen molar-refractivity contribution in [1.29, 1.82) is 0 Å². The SMILES string of the molecule is Cc1sc2c(c1Cc1ccccc1)CN(C(=O)OCc1ccccc1)Cc1nnc(C)n1-2.Cc1sc2c(c1Cc1ccccc1)CNCc1nnc(C)n1-2. The van der Waals surface area contributed by atoms with Gasteiger partial charge >= 0.3 is 6.09 Å². The van der Waals surface area contributed by atoms with Gasteiger partial charge in [0, 0.05) is 27.4 Å². The van der Waals surface area contributed by atoms with Crippen LogP contribution in [0.15, 0.2) is 91.0 Å². The highest BCUT2D eigenvalue weighted by molar-refractivity contribution is 7.15. The van der Waals surface area contributed by atoms with E-state index in [2.05, 4.69) is 103 Å². The molecule has 7 aromatic rings. The van der Waals surface area contributed by atoms with Crippen molar-refractivity contribution >= 4 is 28.8 Å². The van der Waals surface area contributed by atoms with Gasteiger partial charge in [0.25, 0.3) is 0 Å². The second kappa shape index (κ2) is 15.5. The lowest BCUT2D eigenvalue weighted by Gasteiger charge is -2.20. The summed E-state index contributed by atoms with van der Waals surface area (Å²) in [7, 11) is 0. The Morgan fingerprint density at radius 3 is 1.72 bits per heavy atom. The number of ether oxygens (including phenoxy) is 1. The van der Waals surface area contributed by atoms with Crippen LogP contribution in [0.5, 0.6) is 0 Å². The first-order chi connectivity index (χ1) is 26.3. The Bertz CT molecular complexity index is 2400. The summed E-state index contributed by atoms with van der Waals surface area (Å²) >= 11 is 3.59. The molecule has 2 aliphatic rings. The van der Waals surface area contributed by atoms with E-state index in [1.165, 1.54) is 42.6 Å². The molecule has 6 heterocycles. The second-order valence-corrected chi connectivity index (χ2v) is 16.1. The van der Waals surface area contributed by atoms with Crippen molar-refractivity contribution in [1.82, 2.24) is 39.7 Å².